The minimum atomic E-state index is -3.58. The van der Waals surface area contributed by atoms with Crippen LogP contribution in [0.1, 0.15) is 18.4 Å². The standard InChI is InChI=1S/C11H14BrNO4S/c1-8-5-9(12)7-10(6-8)18(16,17)13-4-2-3-11(14)15/h5-7,13H,2-4H2,1H3,(H,14,15). The van der Waals surface area contributed by atoms with Crippen molar-refractivity contribution in [2.45, 2.75) is 24.7 Å². The second-order valence-corrected chi connectivity index (χ2v) is 6.54. The van der Waals surface area contributed by atoms with Crippen LogP contribution in [0.25, 0.3) is 0 Å². The summed E-state index contributed by atoms with van der Waals surface area (Å²) in [6.45, 7) is 1.91. The third kappa shape index (κ3) is 4.75. The van der Waals surface area contributed by atoms with Crippen LogP contribution in [0.4, 0.5) is 0 Å². The predicted octanol–water partition coefficient (Wildman–Crippen LogP) is 1.90. The van der Waals surface area contributed by atoms with Crippen molar-refractivity contribution in [3.63, 3.8) is 0 Å². The molecular weight excluding hydrogens is 322 g/mol. The molecule has 0 bridgehead atoms. The number of rotatable bonds is 6. The van der Waals surface area contributed by atoms with Crippen molar-refractivity contribution in [3.05, 3.63) is 28.2 Å². The molecule has 0 atom stereocenters. The van der Waals surface area contributed by atoms with Crippen LogP contribution in [0.3, 0.4) is 0 Å². The molecule has 0 aliphatic rings. The quantitative estimate of drug-likeness (QED) is 0.777. The molecule has 18 heavy (non-hydrogen) atoms. The monoisotopic (exact) mass is 335 g/mol. The van der Waals surface area contributed by atoms with Gasteiger partial charge in [-0.1, -0.05) is 15.9 Å². The Balaban J connectivity index is 2.71. The zero-order valence-electron chi connectivity index (χ0n) is 9.81. The second-order valence-electron chi connectivity index (χ2n) is 3.86. The molecule has 0 aromatic heterocycles. The van der Waals surface area contributed by atoms with Crippen LogP contribution in [0, 0.1) is 6.92 Å². The lowest BCUT2D eigenvalue weighted by Crippen LogP contribution is -2.25. The van der Waals surface area contributed by atoms with Gasteiger partial charge >= 0.3 is 5.97 Å². The summed E-state index contributed by atoms with van der Waals surface area (Å²) >= 11 is 3.24. The number of halogens is 1. The van der Waals surface area contributed by atoms with Gasteiger partial charge in [0.15, 0.2) is 0 Å². The first-order chi connectivity index (χ1) is 8.31. The first kappa shape index (κ1) is 15.1. The van der Waals surface area contributed by atoms with E-state index in [9.17, 15) is 13.2 Å². The molecule has 100 valence electrons. The van der Waals surface area contributed by atoms with Crippen molar-refractivity contribution < 1.29 is 18.3 Å². The van der Waals surface area contributed by atoms with Gasteiger partial charge in [-0.25, -0.2) is 13.1 Å². The van der Waals surface area contributed by atoms with Crippen LogP contribution in [-0.2, 0) is 14.8 Å². The molecular formula is C11H14BrNO4S. The highest BCUT2D eigenvalue weighted by Crippen LogP contribution is 2.18. The summed E-state index contributed by atoms with van der Waals surface area (Å²) in [5, 5.41) is 8.45. The van der Waals surface area contributed by atoms with Crippen LogP contribution in [-0.4, -0.2) is 26.0 Å². The van der Waals surface area contributed by atoms with Crippen LogP contribution < -0.4 is 4.72 Å². The van der Waals surface area contributed by atoms with E-state index in [0.717, 1.165) is 5.56 Å². The predicted molar refractivity (Wildman–Crippen MR) is 70.9 cm³/mol. The number of sulfonamides is 1. The average Bonchev–Trinajstić information content (AvgIpc) is 2.23. The van der Waals surface area contributed by atoms with E-state index >= 15 is 0 Å². The van der Waals surface area contributed by atoms with Crippen molar-refractivity contribution in [1.29, 1.82) is 0 Å². The molecule has 5 nitrogen and oxygen atoms in total. The maximum absolute atomic E-state index is 11.9. The number of nitrogens with one attached hydrogen (secondary N) is 1. The van der Waals surface area contributed by atoms with Crippen molar-refractivity contribution in [1.82, 2.24) is 4.72 Å². The zero-order chi connectivity index (χ0) is 13.8. The lowest BCUT2D eigenvalue weighted by Gasteiger charge is -2.07. The number of carbonyl (C=O) groups is 1. The number of hydrogen-bond donors (Lipinski definition) is 2. The number of aryl methyl sites for hydroxylation is 1. The van der Waals surface area contributed by atoms with E-state index in [-0.39, 0.29) is 24.3 Å². The summed E-state index contributed by atoms with van der Waals surface area (Å²) in [6, 6.07) is 4.88. The largest absolute Gasteiger partial charge is 0.481 e. The lowest BCUT2D eigenvalue weighted by atomic mass is 10.2. The Kier molecular flexibility index (Phi) is 5.30. The van der Waals surface area contributed by atoms with Crippen LogP contribution in [0.15, 0.2) is 27.6 Å². The average molecular weight is 336 g/mol. The molecule has 0 saturated heterocycles. The van der Waals surface area contributed by atoms with E-state index in [1.165, 1.54) is 6.07 Å². The van der Waals surface area contributed by atoms with E-state index in [0.29, 0.717) is 4.47 Å². The Morgan fingerprint density at radius 2 is 2.06 bits per heavy atom. The Morgan fingerprint density at radius 3 is 2.61 bits per heavy atom. The highest BCUT2D eigenvalue weighted by atomic mass is 79.9. The molecule has 0 spiro atoms. The normalized spacial score (nSPS) is 11.4. The van der Waals surface area contributed by atoms with Gasteiger partial charge in [0.25, 0.3) is 0 Å². The number of carboxylic acid groups (broad SMARTS) is 1. The van der Waals surface area contributed by atoms with Gasteiger partial charge in [-0.3, -0.25) is 4.79 Å². The molecule has 0 amide bonds. The topological polar surface area (TPSA) is 83.5 Å². The summed E-state index contributed by atoms with van der Waals surface area (Å²) in [7, 11) is -3.58. The van der Waals surface area contributed by atoms with Gasteiger partial charge in [-0.05, 0) is 37.1 Å². The van der Waals surface area contributed by atoms with Gasteiger partial charge in [0, 0.05) is 17.4 Å². The Morgan fingerprint density at radius 1 is 1.39 bits per heavy atom. The molecule has 0 aliphatic carbocycles. The summed E-state index contributed by atoms with van der Waals surface area (Å²) in [5.74, 6) is -0.938. The number of aliphatic carboxylic acids is 1. The minimum Gasteiger partial charge on any atom is -0.481 e. The molecule has 1 rings (SSSR count). The van der Waals surface area contributed by atoms with Gasteiger partial charge < -0.3 is 5.11 Å². The molecule has 7 heteroatoms. The highest BCUT2D eigenvalue weighted by molar-refractivity contribution is 9.10. The van der Waals surface area contributed by atoms with Crippen molar-refractivity contribution in [2.24, 2.45) is 0 Å². The third-order valence-corrected chi connectivity index (χ3v) is 4.08. The second kappa shape index (κ2) is 6.31. The minimum absolute atomic E-state index is 0.0555. The van der Waals surface area contributed by atoms with Crippen molar-refractivity contribution in [2.75, 3.05) is 6.54 Å². The highest BCUT2D eigenvalue weighted by Gasteiger charge is 2.14. The summed E-state index contributed by atoms with van der Waals surface area (Å²) in [6.07, 6.45) is 0.210. The summed E-state index contributed by atoms with van der Waals surface area (Å²) < 4.78 is 26.9. The summed E-state index contributed by atoms with van der Waals surface area (Å²) in [5.41, 5.74) is 0.829. The fourth-order valence-electron chi connectivity index (χ4n) is 1.39. The smallest absolute Gasteiger partial charge is 0.303 e. The maximum Gasteiger partial charge on any atom is 0.303 e. The van der Waals surface area contributed by atoms with Crippen molar-refractivity contribution >= 4 is 31.9 Å². The number of benzene rings is 1. The van der Waals surface area contributed by atoms with Gasteiger partial charge in [0.05, 0.1) is 4.90 Å². The number of carboxylic acids is 1. The molecule has 0 aliphatic heterocycles. The maximum atomic E-state index is 11.9. The van der Waals surface area contributed by atoms with Gasteiger partial charge in [-0.15, -0.1) is 0 Å². The molecule has 0 heterocycles. The summed E-state index contributed by atoms with van der Waals surface area (Å²) in [4.78, 5) is 10.5. The Hall–Kier alpha value is -0.920. The molecule has 0 radical (unpaired) electrons. The van der Waals surface area contributed by atoms with E-state index in [4.69, 9.17) is 5.11 Å². The molecule has 0 saturated carbocycles. The third-order valence-electron chi connectivity index (χ3n) is 2.19. The van der Waals surface area contributed by atoms with Crippen LogP contribution in [0.5, 0.6) is 0 Å². The molecule has 1 aromatic carbocycles. The van der Waals surface area contributed by atoms with Crippen molar-refractivity contribution in [3.8, 4) is 0 Å². The molecule has 0 unspecified atom stereocenters. The zero-order valence-corrected chi connectivity index (χ0v) is 12.2. The van der Waals surface area contributed by atoms with Crippen LogP contribution in [0.2, 0.25) is 0 Å². The first-order valence-electron chi connectivity index (χ1n) is 5.30. The first-order valence-corrected chi connectivity index (χ1v) is 7.57. The van der Waals surface area contributed by atoms with Gasteiger partial charge in [0.1, 0.15) is 0 Å². The van der Waals surface area contributed by atoms with E-state index in [2.05, 4.69) is 20.7 Å². The fourth-order valence-corrected chi connectivity index (χ4v) is 3.35. The van der Waals surface area contributed by atoms with Gasteiger partial charge in [-0.2, -0.15) is 0 Å². The van der Waals surface area contributed by atoms with Crippen LogP contribution >= 0.6 is 15.9 Å². The van der Waals surface area contributed by atoms with E-state index in [1.54, 1.807) is 13.0 Å². The van der Waals surface area contributed by atoms with Gasteiger partial charge in [0.2, 0.25) is 10.0 Å². The number of hydrogen-bond acceptors (Lipinski definition) is 3. The molecule has 2 N–H and O–H groups in total. The fraction of sp³-hybridized carbons (Fsp3) is 0.364. The Labute approximate surface area is 114 Å². The lowest BCUT2D eigenvalue weighted by molar-refractivity contribution is -0.137. The van der Waals surface area contributed by atoms with E-state index in [1.807, 2.05) is 6.07 Å². The molecule has 0 fully saturated rings. The Bertz CT molecular complexity index is 522. The van der Waals surface area contributed by atoms with E-state index < -0.39 is 16.0 Å². The SMILES string of the molecule is Cc1cc(Br)cc(S(=O)(=O)NCCCC(=O)O)c1. The molecule has 1 aromatic rings.